The van der Waals surface area contributed by atoms with E-state index in [-0.39, 0.29) is 23.6 Å². The van der Waals surface area contributed by atoms with Gasteiger partial charge in [-0.25, -0.2) is 4.79 Å². The molecule has 25 heavy (non-hydrogen) atoms. The Hall–Kier alpha value is -2.46. The topological polar surface area (TPSA) is 94.6 Å². The maximum atomic E-state index is 12.6. The molecule has 0 spiro atoms. The van der Waals surface area contributed by atoms with Gasteiger partial charge in [0.25, 0.3) is 0 Å². The van der Waals surface area contributed by atoms with Crippen molar-refractivity contribution >= 4 is 21.9 Å². The molecule has 1 atom stereocenters. The van der Waals surface area contributed by atoms with Crippen molar-refractivity contribution in [2.45, 2.75) is 26.2 Å². The summed E-state index contributed by atoms with van der Waals surface area (Å²) in [6, 6.07) is 7.43. The first kappa shape index (κ1) is 18.9. The first-order chi connectivity index (χ1) is 12.0. The molecule has 0 aliphatic carbocycles. The summed E-state index contributed by atoms with van der Waals surface area (Å²) in [5.41, 5.74) is 7.00. The lowest BCUT2D eigenvalue weighted by molar-refractivity contribution is -0.139. The van der Waals surface area contributed by atoms with Crippen molar-refractivity contribution in [3.8, 4) is 11.8 Å². The number of hydrogen-bond acceptors (Lipinski definition) is 6. The van der Waals surface area contributed by atoms with Crippen LogP contribution in [0.1, 0.15) is 31.7 Å². The van der Waals surface area contributed by atoms with Crippen LogP contribution in [0.15, 0.2) is 45.5 Å². The molecule has 0 saturated carbocycles. The number of esters is 1. The molecule has 1 aliphatic heterocycles. The van der Waals surface area contributed by atoms with Crippen LogP contribution in [-0.2, 0) is 14.3 Å². The van der Waals surface area contributed by atoms with E-state index in [0.29, 0.717) is 23.5 Å². The zero-order valence-electron chi connectivity index (χ0n) is 14.3. The van der Waals surface area contributed by atoms with Crippen molar-refractivity contribution in [1.82, 2.24) is 0 Å². The molecule has 0 saturated heterocycles. The summed E-state index contributed by atoms with van der Waals surface area (Å²) in [6.07, 6.45) is 0.431. The summed E-state index contributed by atoms with van der Waals surface area (Å²) in [5.74, 6) is -0.346. The van der Waals surface area contributed by atoms with E-state index in [4.69, 9.17) is 19.9 Å². The van der Waals surface area contributed by atoms with Crippen LogP contribution >= 0.6 is 15.9 Å². The van der Waals surface area contributed by atoms with Crippen LogP contribution in [-0.4, -0.2) is 19.7 Å². The number of hydrogen-bond donors (Lipinski definition) is 1. The summed E-state index contributed by atoms with van der Waals surface area (Å²) in [5, 5.41) is 9.62. The molecule has 0 amide bonds. The number of methoxy groups -OCH3 is 1. The molecule has 0 bridgehead atoms. The van der Waals surface area contributed by atoms with Crippen molar-refractivity contribution in [3.05, 3.63) is 51.0 Å². The average molecular weight is 407 g/mol. The number of carbonyl (C=O) groups excluding carboxylic acids is 1. The first-order valence-corrected chi connectivity index (χ1v) is 8.58. The molecular weight excluding hydrogens is 388 g/mol. The standard InChI is InChI=1S/C18H19BrN2O4/c1-4-13-16(18(22)24-5-2)15(12(9-20)17(21)25-13)11-8-10(19)6-7-14(11)23-3/h6-8,15H,4-5,21H2,1-3H3/t15-/m1/s1. The zero-order chi connectivity index (χ0) is 18.6. The molecular formula is C18H19BrN2O4. The van der Waals surface area contributed by atoms with E-state index in [0.717, 1.165) is 4.47 Å². The van der Waals surface area contributed by atoms with Gasteiger partial charge in [-0.3, -0.25) is 0 Å². The van der Waals surface area contributed by atoms with Crippen LogP contribution in [0, 0.1) is 11.3 Å². The average Bonchev–Trinajstić information content (AvgIpc) is 2.60. The third-order valence-electron chi connectivity index (χ3n) is 3.82. The molecule has 0 aromatic heterocycles. The van der Waals surface area contributed by atoms with Crippen LogP contribution in [0.3, 0.4) is 0 Å². The predicted molar refractivity (Wildman–Crippen MR) is 95.3 cm³/mol. The molecule has 1 aromatic rings. The fourth-order valence-corrected chi connectivity index (χ4v) is 3.13. The lowest BCUT2D eigenvalue weighted by Crippen LogP contribution is -2.26. The number of nitriles is 1. The van der Waals surface area contributed by atoms with Gasteiger partial charge in [-0.2, -0.15) is 5.26 Å². The molecule has 0 unspecified atom stereocenters. The van der Waals surface area contributed by atoms with Gasteiger partial charge in [-0.1, -0.05) is 22.9 Å². The smallest absolute Gasteiger partial charge is 0.338 e. The van der Waals surface area contributed by atoms with Crippen LogP contribution in [0.25, 0.3) is 0 Å². The number of rotatable bonds is 5. The van der Waals surface area contributed by atoms with Gasteiger partial charge in [0.1, 0.15) is 23.2 Å². The second-order valence-electron chi connectivity index (χ2n) is 5.22. The summed E-state index contributed by atoms with van der Waals surface area (Å²) in [4.78, 5) is 12.6. The van der Waals surface area contributed by atoms with Crippen LogP contribution in [0.5, 0.6) is 5.75 Å². The van der Waals surface area contributed by atoms with E-state index in [2.05, 4.69) is 22.0 Å². The molecule has 1 aliphatic rings. The third kappa shape index (κ3) is 3.64. The number of carbonyl (C=O) groups is 1. The van der Waals surface area contributed by atoms with E-state index in [1.165, 1.54) is 7.11 Å². The number of halogens is 1. The lowest BCUT2D eigenvalue weighted by Gasteiger charge is -2.28. The summed E-state index contributed by atoms with van der Waals surface area (Å²) < 4.78 is 16.9. The number of nitrogens with two attached hydrogens (primary N) is 1. The van der Waals surface area contributed by atoms with E-state index in [1.807, 2.05) is 13.0 Å². The predicted octanol–water partition coefficient (Wildman–Crippen LogP) is 3.49. The largest absolute Gasteiger partial charge is 0.496 e. The second kappa shape index (κ2) is 8.08. The monoisotopic (exact) mass is 406 g/mol. The minimum atomic E-state index is -0.722. The Kier molecular flexibility index (Phi) is 6.10. The molecule has 132 valence electrons. The lowest BCUT2D eigenvalue weighted by atomic mass is 9.82. The zero-order valence-corrected chi connectivity index (χ0v) is 15.8. The van der Waals surface area contributed by atoms with Crippen molar-refractivity contribution in [3.63, 3.8) is 0 Å². The van der Waals surface area contributed by atoms with Crippen molar-refractivity contribution in [2.75, 3.05) is 13.7 Å². The molecule has 2 N–H and O–H groups in total. The van der Waals surface area contributed by atoms with Gasteiger partial charge in [0.05, 0.1) is 25.2 Å². The number of ether oxygens (including phenoxy) is 3. The molecule has 0 fully saturated rings. The third-order valence-corrected chi connectivity index (χ3v) is 4.31. The Morgan fingerprint density at radius 2 is 2.16 bits per heavy atom. The molecule has 2 rings (SSSR count). The quantitative estimate of drug-likeness (QED) is 0.751. The van der Waals surface area contributed by atoms with E-state index in [1.54, 1.807) is 19.1 Å². The highest BCUT2D eigenvalue weighted by Gasteiger charge is 2.38. The van der Waals surface area contributed by atoms with Gasteiger partial charge in [0, 0.05) is 16.5 Å². The number of allylic oxidation sites excluding steroid dienone is 2. The van der Waals surface area contributed by atoms with Crippen LogP contribution in [0.4, 0.5) is 0 Å². The minimum absolute atomic E-state index is 0.0144. The highest BCUT2D eigenvalue weighted by atomic mass is 79.9. The summed E-state index contributed by atoms with van der Waals surface area (Å²) in [7, 11) is 1.53. The number of benzene rings is 1. The van der Waals surface area contributed by atoms with Crippen LogP contribution < -0.4 is 10.5 Å². The van der Waals surface area contributed by atoms with Crippen molar-refractivity contribution < 1.29 is 19.0 Å². The normalized spacial score (nSPS) is 17.0. The maximum Gasteiger partial charge on any atom is 0.338 e. The highest BCUT2D eigenvalue weighted by molar-refractivity contribution is 9.10. The van der Waals surface area contributed by atoms with Gasteiger partial charge in [0.2, 0.25) is 5.88 Å². The fourth-order valence-electron chi connectivity index (χ4n) is 2.75. The maximum absolute atomic E-state index is 12.6. The molecule has 0 radical (unpaired) electrons. The van der Waals surface area contributed by atoms with Gasteiger partial charge in [0.15, 0.2) is 0 Å². The molecule has 7 heteroatoms. The first-order valence-electron chi connectivity index (χ1n) is 7.79. The van der Waals surface area contributed by atoms with Gasteiger partial charge < -0.3 is 19.9 Å². The van der Waals surface area contributed by atoms with Gasteiger partial charge in [-0.05, 0) is 25.1 Å². The Bertz CT molecular complexity index is 793. The van der Waals surface area contributed by atoms with Crippen molar-refractivity contribution in [2.24, 2.45) is 5.73 Å². The Balaban J connectivity index is 2.76. The van der Waals surface area contributed by atoms with Crippen molar-refractivity contribution in [1.29, 1.82) is 5.26 Å². The van der Waals surface area contributed by atoms with E-state index in [9.17, 15) is 10.1 Å². The van der Waals surface area contributed by atoms with Crippen LogP contribution in [0.2, 0.25) is 0 Å². The second-order valence-corrected chi connectivity index (χ2v) is 6.14. The molecule has 1 heterocycles. The fraction of sp³-hybridized carbons (Fsp3) is 0.333. The SMILES string of the molecule is CCOC(=O)C1=C(CC)OC(N)=C(C#N)[C@H]1c1cc(Br)ccc1OC. The Morgan fingerprint density at radius 1 is 1.44 bits per heavy atom. The summed E-state index contributed by atoms with van der Waals surface area (Å²) >= 11 is 3.42. The molecule has 1 aromatic carbocycles. The highest BCUT2D eigenvalue weighted by Crippen LogP contribution is 2.44. The van der Waals surface area contributed by atoms with E-state index < -0.39 is 11.9 Å². The van der Waals surface area contributed by atoms with E-state index >= 15 is 0 Å². The van der Waals surface area contributed by atoms with Gasteiger partial charge in [-0.15, -0.1) is 0 Å². The molecule has 6 nitrogen and oxygen atoms in total. The summed E-state index contributed by atoms with van der Waals surface area (Å²) in [6.45, 7) is 3.77. The number of nitrogens with zero attached hydrogens (tertiary/aromatic N) is 1. The Labute approximate surface area is 155 Å². The Morgan fingerprint density at radius 3 is 2.72 bits per heavy atom. The minimum Gasteiger partial charge on any atom is -0.496 e. The van der Waals surface area contributed by atoms with Gasteiger partial charge >= 0.3 is 5.97 Å².